The maximum atomic E-state index is 12.4. The second-order valence-electron chi connectivity index (χ2n) is 14.9. The molecule has 0 bridgehead atoms. The van der Waals surface area contributed by atoms with Gasteiger partial charge in [-0.3, -0.25) is 4.79 Å². The molecule has 4 N–H and O–H groups in total. The summed E-state index contributed by atoms with van der Waals surface area (Å²) in [5, 5.41) is 33.1. The summed E-state index contributed by atoms with van der Waals surface area (Å²) >= 11 is 0. The van der Waals surface area contributed by atoms with E-state index in [-0.39, 0.29) is 18.9 Å². The summed E-state index contributed by atoms with van der Waals surface area (Å²) in [4.78, 5) is 12.4. The molecule has 5 heteroatoms. The van der Waals surface area contributed by atoms with Crippen LogP contribution < -0.4 is 5.32 Å². The maximum absolute atomic E-state index is 12.4. The van der Waals surface area contributed by atoms with Crippen LogP contribution in [0.15, 0.2) is 36.5 Å². The molecule has 0 aromatic carbocycles. The van der Waals surface area contributed by atoms with E-state index in [4.69, 9.17) is 0 Å². The first kappa shape index (κ1) is 48.6. The highest BCUT2D eigenvalue weighted by atomic mass is 16.3. The molecule has 5 nitrogen and oxygen atoms in total. The van der Waals surface area contributed by atoms with E-state index in [1.807, 2.05) is 6.08 Å². The van der Waals surface area contributed by atoms with Crippen molar-refractivity contribution in [3.8, 4) is 0 Å². The van der Waals surface area contributed by atoms with E-state index in [0.717, 1.165) is 44.9 Å². The van der Waals surface area contributed by atoms with Crippen LogP contribution >= 0.6 is 0 Å². The molecular weight excluding hydrogens is 618 g/mol. The Morgan fingerprint density at radius 1 is 0.500 bits per heavy atom. The number of carbonyl (C=O) groups is 1. The zero-order valence-electron chi connectivity index (χ0n) is 33.3. The van der Waals surface area contributed by atoms with Gasteiger partial charge >= 0.3 is 0 Å². The molecule has 0 aliphatic carbocycles. The van der Waals surface area contributed by atoms with E-state index in [1.54, 1.807) is 6.08 Å². The van der Waals surface area contributed by atoms with Gasteiger partial charge in [0.15, 0.2) is 0 Å². The monoisotopic (exact) mass is 704 g/mol. The highest BCUT2D eigenvalue weighted by Crippen LogP contribution is 2.15. The Morgan fingerprint density at radius 2 is 0.860 bits per heavy atom. The van der Waals surface area contributed by atoms with Gasteiger partial charge in [-0.05, 0) is 57.8 Å². The molecule has 0 aliphatic rings. The predicted octanol–water partition coefficient (Wildman–Crippen LogP) is 12.4. The van der Waals surface area contributed by atoms with Crippen LogP contribution in [0.1, 0.15) is 219 Å². The maximum Gasteiger partial charge on any atom is 0.222 e. The van der Waals surface area contributed by atoms with E-state index in [2.05, 4.69) is 43.5 Å². The van der Waals surface area contributed by atoms with Gasteiger partial charge in [0.25, 0.3) is 0 Å². The quantitative estimate of drug-likeness (QED) is 0.0379. The van der Waals surface area contributed by atoms with Crippen LogP contribution in [0.2, 0.25) is 0 Å². The van der Waals surface area contributed by atoms with Crippen molar-refractivity contribution in [3.05, 3.63) is 36.5 Å². The van der Waals surface area contributed by atoms with Gasteiger partial charge < -0.3 is 20.6 Å². The van der Waals surface area contributed by atoms with Crippen molar-refractivity contribution in [1.82, 2.24) is 5.32 Å². The zero-order chi connectivity index (χ0) is 36.6. The van der Waals surface area contributed by atoms with E-state index in [9.17, 15) is 20.1 Å². The zero-order valence-corrected chi connectivity index (χ0v) is 33.3. The molecule has 1 amide bonds. The minimum atomic E-state index is -0.954. The van der Waals surface area contributed by atoms with Gasteiger partial charge in [-0.2, -0.15) is 0 Å². The molecule has 0 fully saturated rings. The average molecular weight is 704 g/mol. The Labute approximate surface area is 311 Å². The number of aliphatic hydroxyl groups is 3. The van der Waals surface area contributed by atoms with Crippen molar-refractivity contribution in [1.29, 1.82) is 0 Å². The van der Waals surface area contributed by atoms with Gasteiger partial charge in [0.1, 0.15) is 0 Å². The second-order valence-corrected chi connectivity index (χ2v) is 14.9. The topological polar surface area (TPSA) is 89.8 Å². The van der Waals surface area contributed by atoms with Crippen LogP contribution in [0.5, 0.6) is 0 Å². The third-order valence-electron chi connectivity index (χ3n) is 9.90. The minimum absolute atomic E-state index is 0.00453. The van der Waals surface area contributed by atoms with Crippen molar-refractivity contribution >= 4 is 5.91 Å². The predicted molar refractivity (Wildman–Crippen MR) is 218 cm³/mol. The molecule has 0 saturated carbocycles. The number of allylic oxidation sites excluding steroid dienone is 5. The molecule has 0 heterocycles. The highest BCUT2D eigenvalue weighted by Gasteiger charge is 2.20. The number of rotatable bonds is 39. The van der Waals surface area contributed by atoms with Crippen molar-refractivity contribution in [2.75, 3.05) is 6.61 Å². The average Bonchev–Trinajstić information content (AvgIpc) is 3.11. The molecule has 294 valence electrons. The van der Waals surface area contributed by atoms with E-state index >= 15 is 0 Å². The van der Waals surface area contributed by atoms with Crippen LogP contribution in [0, 0.1) is 0 Å². The molecule has 3 unspecified atom stereocenters. The summed E-state index contributed by atoms with van der Waals surface area (Å²) in [5.41, 5.74) is 0. The van der Waals surface area contributed by atoms with Crippen LogP contribution in [-0.2, 0) is 4.79 Å². The lowest BCUT2D eigenvalue weighted by Gasteiger charge is -2.20. The summed E-state index contributed by atoms with van der Waals surface area (Å²) in [6.07, 6.45) is 50.0. The standard InChI is InChI=1S/C45H85NO4/c1-3-5-7-9-11-13-15-17-19-20-21-22-23-24-25-27-29-31-33-35-37-39-44(49)43(41-47)46-45(50)40-42(48)38-36-34-32-30-28-26-18-16-14-12-10-8-6-4-2/h26,28-29,31,37,39,42-44,47-49H,3-25,27,30,32-36,38,40-41H2,1-2H3,(H,46,50)/b28-26-,31-29+,39-37+. The molecule has 3 atom stereocenters. The van der Waals surface area contributed by atoms with E-state index < -0.39 is 18.2 Å². The fourth-order valence-electron chi connectivity index (χ4n) is 6.53. The van der Waals surface area contributed by atoms with Crippen molar-refractivity contribution < 1.29 is 20.1 Å². The lowest BCUT2D eigenvalue weighted by Crippen LogP contribution is -2.45. The molecule has 0 aromatic heterocycles. The first-order valence-corrected chi connectivity index (χ1v) is 21.8. The SMILES string of the molecule is CCCCCCCCC/C=C\CCCCCC(O)CC(=O)NC(CO)C(O)/C=C/CC/C=C/CCCCCCCCCCCCCCCCC. The number of hydrogen-bond acceptors (Lipinski definition) is 4. The Bertz CT molecular complexity index is 779. The number of amides is 1. The second kappa shape index (κ2) is 40.3. The molecule has 0 radical (unpaired) electrons. The first-order valence-electron chi connectivity index (χ1n) is 21.8. The Balaban J connectivity index is 3.73. The molecule has 0 spiro atoms. The van der Waals surface area contributed by atoms with Crippen LogP contribution in [0.25, 0.3) is 0 Å². The summed E-state index contributed by atoms with van der Waals surface area (Å²) in [6, 6.07) is -0.764. The van der Waals surface area contributed by atoms with Gasteiger partial charge in [0.05, 0.1) is 31.3 Å². The summed E-state index contributed by atoms with van der Waals surface area (Å²) in [5.74, 6) is -0.334. The van der Waals surface area contributed by atoms with E-state index in [0.29, 0.717) is 6.42 Å². The molecule has 0 aliphatic heterocycles. The molecule has 0 aromatic rings. The van der Waals surface area contributed by atoms with Crippen LogP contribution in [0.4, 0.5) is 0 Å². The molecule has 0 rings (SSSR count). The van der Waals surface area contributed by atoms with Gasteiger partial charge in [0, 0.05) is 0 Å². The third kappa shape index (κ3) is 36.4. The highest BCUT2D eigenvalue weighted by molar-refractivity contribution is 5.76. The van der Waals surface area contributed by atoms with Crippen molar-refractivity contribution in [3.63, 3.8) is 0 Å². The largest absolute Gasteiger partial charge is 0.394 e. The van der Waals surface area contributed by atoms with Crippen LogP contribution in [0.3, 0.4) is 0 Å². The number of unbranched alkanes of at least 4 members (excludes halogenated alkanes) is 26. The Hall–Kier alpha value is -1.43. The Morgan fingerprint density at radius 3 is 1.28 bits per heavy atom. The third-order valence-corrected chi connectivity index (χ3v) is 9.90. The lowest BCUT2D eigenvalue weighted by molar-refractivity contribution is -0.124. The number of hydrogen-bond donors (Lipinski definition) is 4. The molecular formula is C45H85NO4. The molecule has 50 heavy (non-hydrogen) atoms. The minimum Gasteiger partial charge on any atom is -0.394 e. The van der Waals surface area contributed by atoms with Crippen molar-refractivity contribution in [2.24, 2.45) is 0 Å². The van der Waals surface area contributed by atoms with Gasteiger partial charge in [-0.25, -0.2) is 0 Å². The lowest BCUT2D eigenvalue weighted by atomic mass is 10.0. The Kier molecular flexibility index (Phi) is 39.2. The number of nitrogens with one attached hydrogen (secondary N) is 1. The van der Waals surface area contributed by atoms with Crippen LogP contribution in [-0.4, -0.2) is 46.1 Å². The summed E-state index contributed by atoms with van der Waals surface area (Å²) < 4.78 is 0. The fraction of sp³-hybridized carbons (Fsp3) is 0.844. The summed E-state index contributed by atoms with van der Waals surface area (Å²) in [7, 11) is 0. The normalized spacial score (nSPS) is 13.9. The van der Waals surface area contributed by atoms with Gasteiger partial charge in [0.2, 0.25) is 5.91 Å². The molecule has 0 saturated heterocycles. The van der Waals surface area contributed by atoms with Crippen molar-refractivity contribution in [2.45, 2.75) is 238 Å². The smallest absolute Gasteiger partial charge is 0.222 e. The van der Waals surface area contributed by atoms with E-state index in [1.165, 1.54) is 148 Å². The fourth-order valence-corrected chi connectivity index (χ4v) is 6.53. The summed E-state index contributed by atoms with van der Waals surface area (Å²) in [6.45, 7) is 4.19. The first-order chi connectivity index (χ1) is 24.5. The van der Waals surface area contributed by atoms with Gasteiger partial charge in [-0.1, -0.05) is 192 Å². The van der Waals surface area contributed by atoms with Gasteiger partial charge in [-0.15, -0.1) is 0 Å². The number of aliphatic hydroxyl groups excluding tert-OH is 3. The number of carbonyl (C=O) groups excluding carboxylic acids is 1.